The fourth-order valence-electron chi connectivity index (χ4n) is 0.101. The molecule has 2 nitrogen and oxygen atoms in total. The number of rotatable bonds is 2. The van der Waals surface area contributed by atoms with Crippen LogP contribution in [-0.4, -0.2) is 11.1 Å². The van der Waals surface area contributed by atoms with Crippen molar-refractivity contribution in [3.8, 4) is 0 Å². The van der Waals surface area contributed by atoms with Gasteiger partial charge in [-0.05, 0) is 0 Å². The zero-order valence-electron chi connectivity index (χ0n) is 3.22. The van der Waals surface area contributed by atoms with Crippen LogP contribution >= 0.6 is 0 Å². The summed E-state index contributed by atoms with van der Waals surface area (Å²) in [4.78, 5) is 9.47. The zero-order valence-corrected chi connectivity index (χ0v) is 3.22. The molecule has 33 valence electrons. The Bertz CT molecular complexity index is 65.9. The third-order valence-electron chi connectivity index (χ3n) is 0.260. The molecule has 0 amide bonds. The molecule has 0 bridgehead atoms. The monoisotopic (exact) mass is 87.0 g/mol. The van der Waals surface area contributed by atoms with Gasteiger partial charge in [0.2, 0.25) is 0 Å². The predicted molar refractivity (Wildman–Crippen MR) is 22.1 cm³/mol. The van der Waals surface area contributed by atoms with E-state index in [-0.39, 0.29) is 0 Å². The lowest BCUT2D eigenvalue weighted by Crippen LogP contribution is -1.89. The van der Waals surface area contributed by atoms with Crippen LogP contribution in [-0.2, 0) is 4.79 Å². The van der Waals surface area contributed by atoms with E-state index in [4.69, 9.17) is 5.11 Å². The van der Waals surface area contributed by atoms with Crippen LogP contribution in [0.25, 0.3) is 0 Å². The van der Waals surface area contributed by atoms with Crippen LogP contribution < -0.4 is 0 Å². The van der Waals surface area contributed by atoms with Gasteiger partial charge in [0.15, 0.2) is 0 Å². The number of carboxylic acids is 1. The minimum Gasteiger partial charge on any atom is -0.481 e. The molecule has 0 rings (SSSR count). The maximum absolute atomic E-state index is 9.47. The van der Waals surface area contributed by atoms with Gasteiger partial charge in [0.25, 0.3) is 0 Å². The van der Waals surface area contributed by atoms with Crippen LogP contribution in [0.1, 0.15) is 0 Å². The Labute approximate surface area is 36.1 Å². The van der Waals surface area contributed by atoms with Crippen molar-refractivity contribution in [1.82, 2.24) is 0 Å². The van der Waals surface area contributed by atoms with Crippen molar-refractivity contribution in [1.29, 1.82) is 0 Å². The number of aliphatic carboxylic acids is 1. The average Bonchev–Trinajstić information content (AvgIpc) is 1.35. The molecular weight excluding hydrogens is 82.0 g/mol. The first-order valence-corrected chi connectivity index (χ1v) is 1.46. The molecule has 0 fully saturated rings. The Morgan fingerprint density at radius 1 is 1.83 bits per heavy atom. The van der Waals surface area contributed by atoms with Crippen LogP contribution in [0.5, 0.6) is 0 Å². The number of hydrogen-bond donors (Lipinski definition) is 1. The van der Waals surface area contributed by atoms with Gasteiger partial charge in [-0.1, -0.05) is 6.08 Å². The molecule has 1 N–H and O–H groups in total. The molecule has 0 aromatic rings. The van der Waals surface area contributed by atoms with Gasteiger partial charge in [-0.3, -0.25) is 4.79 Å². The first kappa shape index (κ1) is 5.21. The summed E-state index contributed by atoms with van der Waals surface area (Å²) in [5, 5.41) is 7.79. The molecule has 0 atom stereocenters. The van der Waals surface area contributed by atoms with Crippen molar-refractivity contribution in [2.75, 3.05) is 0 Å². The van der Waals surface area contributed by atoms with E-state index in [1.807, 2.05) is 0 Å². The van der Waals surface area contributed by atoms with E-state index in [0.29, 0.717) is 0 Å². The van der Waals surface area contributed by atoms with Gasteiger partial charge in [0.1, 0.15) is 0 Å². The molecule has 0 aromatic carbocycles. The van der Waals surface area contributed by atoms with Gasteiger partial charge in [0, 0.05) is 0 Å². The highest BCUT2D eigenvalue weighted by Gasteiger charge is 1.85. The number of carboxylic acid groups (broad SMARTS) is 1. The molecule has 1 radical (unpaired) electrons. The Morgan fingerprint density at radius 2 is 2.33 bits per heavy atom. The van der Waals surface area contributed by atoms with E-state index in [1.165, 1.54) is 6.08 Å². The molecule has 0 spiro atoms. The second kappa shape index (κ2) is 2.45. The van der Waals surface area contributed by atoms with E-state index >= 15 is 0 Å². The summed E-state index contributed by atoms with van der Waals surface area (Å²) in [5.74, 6) is -0.954. The van der Waals surface area contributed by atoms with E-state index in [2.05, 4.69) is 6.58 Å². The summed E-state index contributed by atoms with van der Waals surface area (Å²) in [6.45, 7) is 3.16. The van der Waals surface area contributed by atoms with Crippen LogP contribution in [0.3, 0.4) is 0 Å². The van der Waals surface area contributed by atoms with Gasteiger partial charge >= 0.3 is 5.97 Å². The summed E-state index contributed by atoms with van der Waals surface area (Å²) in [6, 6.07) is 0. The van der Waals surface area contributed by atoms with Crippen LogP contribution in [0.15, 0.2) is 12.7 Å². The molecular formula is C4H5O2. The van der Waals surface area contributed by atoms with Gasteiger partial charge < -0.3 is 5.11 Å². The quantitative estimate of drug-likeness (QED) is 0.531. The Morgan fingerprint density at radius 3 is 2.33 bits per heavy atom. The second-order valence-electron chi connectivity index (χ2n) is 0.741. The molecule has 0 saturated carbocycles. The summed E-state index contributed by atoms with van der Waals surface area (Å²) < 4.78 is 0. The maximum Gasteiger partial charge on any atom is 0.311 e. The molecule has 0 heterocycles. The predicted octanol–water partition coefficient (Wildman–Crippen LogP) is 0.461. The standard InChI is InChI=1S/C4H5O2/c1-2-3-4(5)6/h2-3H,1H2,(H,5,6)/i4+2. The highest BCUT2D eigenvalue weighted by Crippen LogP contribution is 1.71. The minimum absolute atomic E-state index is 0.954. The fraction of sp³-hybridized carbons (Fsp3) is 0. The van der Waals surface area contributed by atoms with Gasteiger partial charge in [-0.25, -0.2) is 0 Å². The van der Waals surface area contributed by atoms with Crippen LogP contribution in [0.2, 0.25) is 0 Å². The summed E-state index contributed by atoms with van der Waals surface area (Å²) in [5.41, 5.74) is 0. The molecule has 0 aliphatic rings. The topological polar surface area (TPSA) is 37.3 Å². The lowest BCUT2D eigenvalue weighted by molar-refractivity contribution is -0.132. The average molecular weight is 87.1 g/mol. The molecule has 0 aliphatic heterocycles. The van der Waals surface area contributed by atoms with Crippen molar-refractivity contribution in [3.05, 3.63) is 19.1 Å². The third kappa shape index (κ3) is 3.21. The molecule has 6 heavy (non-hydrogen) atoms. The normalized spacial score (nSPS) is 7.33. The highest BCUT2D eigenvalue weighted by molar-refractivity contribution is 5.78. The molecule has 2 heteroatoms. The smallest absolute Gasteiger partial charge is 0.311 e. The van der Waals surface area contributed by atoms with Gasteiger partial charge in [-0.15, -0.1) is 6.58 Å². The molecule has 0 aromatic heterocycles. The summed E-state index contributed by atoms with van der Waals surface area (Å²) in [6.07, 6.45) is 2.20. The largest absolute Gasteiger partial charge is 0.481 e. The minimum atomic E-state index is -0.954. The van der Waals surface area contributed by atoms with Crippen molar-refractivity contribution >= 4 is 5.97 Å². The van der Waals surface area contributed by atoms with Crippen molar-refractivity contribution in [2.24, 2.45) is 0 Å². The second-order valence-corrected chi connectivity index (χ2v) is 0.741. The molecule has 0 saturated heterocycles. The maximum atomic E-state index is 9.47. The van der Waals surface area contributed by atoms with Crippen LogP contribution in [0, 0.1) is 6.42 Å². The lowest BCUT2D eigenvalue weighted by Gasteiger charge is -1.74. The van der Waals surface area contributed by atoms with Crippen molar-refractivity contribution in [2.45, 2.75) is 0 Å². The Kier molecular flexibility index (Phi) is 2.13. The lowest BCUT2D eigenvalue weighted by atomic mass is 10.7. The van der Waals surface area contributed by atoms with Crippen molar-refractivity contribution in [3.63, 3.8) is 0 Å². The van der Waals surface area contributed by atoms with E-state index in [1.54, 1.807) is 0 Å². The van der Waals surface area contributed by atoms with E-state index in [9.17, 15) is 4.79 Å². The Hall–Kier alpha value is -0.790. The molecule has 0 aliphatic carbocycles. The van der Waals surface area contributed by atoms with Crippen molar-refractivity contribution < 1.29 is 9.90 Å². The summed E-state index contributed by atoms with van der Waals surface area (Å²) in [7, 11) is 0. The number of hydrogen-bond acceptors (Lipinski definition) is 1. The third-order valence-corrected chi connectivity index (χ3v) is 0.260. The zero-order chi connectivity index (χ0) is 4.99. The van der Waals surface area contributed by atoms with E-state index < -0.39 is 5.97 Å². The van der Waals surface area contributed by atoms with Gasteiger partial charge in [-0.2, -0.15) is 0 Å². The SMILES string of the molecule is C=C[CH][14C](=O)O. The van der Waals surface area contributed by atoms with Crippen LogP contribution in [0.4, 0.5) is 0 Å². The first-order chi connectivity index (χ1) is 2.77. The molecule has 0 unspecified atom stereocenters. The van der Waals surface area contributed by atoms with Gasteiger partial charge in [0.05, 0.1) is 6.42 Å². The first-order valence-electron chi connectivity index (χ1n) is 1.46. The fourth-order valence-corrected chi connectivity index (χ4v) is 0.101. The highest BCUT2D eigenvalue weighted by atomic mass is 16.6. The Balaban J connectivity index is 3.05. The van der Waals surface area contributed by atoms with E-state index in [0.717, 1.165) is 6.42 Å². The summed E-state index contributed by atoms with van der Waals surface area (Å²) >= 11 is 0. The number of carbonyl (C=O) groups is 1.